The molecule has 1 amide bonds. The van der Waals surface area contributed by atoms with Crippen LogP contribution in [0.2, 0.25) is 5.02 Å². The number of amides is 1. The normalized spacial score (nSPS) is 21.9. The maximum atomic E-state index is 12.6. The first kappa shape index (κ1) is 17.9. The highest BCUT2D eigenvalue weighted by molar-refractivity contribution is 6.31. The number of carbonyl (C=O) groups is 2. The van der Waals surface area contributed by atoms with Crippen molar-refractivity contribution in [2.24, 2.45) is 0 Å². The van der Waals surface area contributed by atoms with Gasteiger partial charge in [-0.05, 0) is 18.6 Å². The fourth-order valence-corrected chi connectivity index (χ4v) is 3.91. The molecule has 0 spiro atoms. The molecule has 6 nitrogen and oxygen atoms in total. The minimum Gasteiger partial charge on any atom is -0.503 e. The van der Waals surface area contributed by atoms with Gasteiger partial charge in [-0.2, -0.15) is 0 Å². The summed E-state index contributed by atoms with van der Waals surface area (Å²) in [6.07, 6.45) is 0. The average Bonchev–Trinajstić information content (AvgIpc) is 2.85. The zero-order chi connectivity index (χ0) is 18.0. The van der Waals surface area contributed by atoms with Crippen LogP contribution in [-0.2, 0) is 9.59 Å². The molecule has 0 aliphatic carbocycles. The summed E-state index contributed by atoms with van der Waals surface area (Å²) in [7, 11) is 0. The maximum Gasteiger partial charge on any atom is 0.290 e. The van der Waals surface area contributed by atoms with Gasteiger partial charge in [0.05, 0.1) is 24.7 Å². The molecule has 2 aliphatic heterocycles. The number of aliphatic hydroxyl groups excluding tert-OH is 1. The summed E-state index contributed by atoms with van der Waals surface area (Å²) in [5.41, 5.74) is 0.814. The number of carbonyl (C=O) groups excluding carboxylic acids is 2. The molecule has 25 heavy (non-hydrogen) atoms. The summed E-state index contributed by atoms with van der Waals surface area (Å²) in [6.45, 7) is 6.91. The second-order valence-electron chi connectivity index (χ2n) is 6.61. The monoisotopic (exact) mass is 365 g/mol. The fraction of sp³-hybridized carbons (Fsp3) is 0.444. The van der Waals surface area contributed by atoms with E-state index in [1.54, 1.807) is 23.1 Å². The van der Waals surface area contributed by atoms with Crippen molar-refractivity contribution in [1.29, 1.82) is 0 Å². The molecule has 7 heteroatoms. The van der Waals surface area contributed by atoms with E-state index in [4.69, 9.17) is 11.6 Å². The third kappa shape index (κ3) is 3.56. The summed E-state index contributed by atoms with van der Waals surface area (Å²) in [5.74, 6) is -1.24. The van der Waals surface area contributed by atoms with E-state index in [1.165, 1.54) is 11.8 Å². The molecule has 2 heterocycles. The number of piperazine rings is 1. The second kappa shape index (κ2) is 7.56. The quantitative estimate of drug-likeness (QED) is 0.632. The molecule has 1 fully saturated rings. The number of hydrogen-bond donors (Lipinski definition) is 3. The van der Waals surface area contributed by atoms with Gasteiger partial charge in [0.2, 0.25) is 0 Å². The topological polar surface area (TPSA) is 78.7 Å². The number of ketones is 1. The van der Waals surface area contributed by atoms with Crippen LogP contribution in [0.3, 0.4) is 0 Å². The number of aliphatic hydroxyl groups is 1. The first-order valence-corrected chi connectivity index (χ1v) is 9.03. The number of Topliss-reactive ketones (excluding diaryl/α,β-unsaturated/α-hetero) is 1. The maximum absolute atomic E-state index is 12.6. The molecule has 1 aromatic rings. The van der Waals surface area contributed by atoms with Crippen LogP contribution in [0.25, 0.3) is 0 Å². The Morgan fingerprint density at radius 3 is 2.68 bits per heavy atom. The van der Waals surface area contributed by atoms with Crippen molar-refractivity contribution in [3.8, 4) is 0 Å². The summed E-state index contributed by atoms with van der Waals surface area (Å²) < 4.78 is 0. The molecule has 3 rings (SSSR count). The van der Waals surface area contributed by atoms with E-state index in [0.717, 1.165) is 32.7 Å². The molecule has 1 atom stereocenters. The number of nitrogens with zero attached hydrogens (tertiary/aromatic N) is 1. The summed E-state index contributed by atoms with van der Waals surface area (Å²) in [5, 5.41) is 13.0. The van der Waals surface area contributed by atoms with Crippen LogP contribution in [-0.4, -0.2) is 61.0 Å². The van der Waals surface area contributed by atoms with Crippen molar-refractivity contribution in [3.63, 3.8) is 0 Å². The number of rotatable bonds is 5. The standard InChI is InChI=1S/C18H22ClN3O3/c1-12(23)15-16(13-4-2-3-5-14(13)19)22(18(25)17(15)24)11-10-21-8-6-20-7-9-21/h2-5,16,20,24H,6-11H2,1H3/p+2. The lowest BCUT2D eigenvalue weighted by molar-refractivity contribution is -0.946. The molecule has 0 radical (unpaired) electrons. The average molecular weight is 366 g/mol. The molecule has 0 aromatic heterocycles. The second-order valence-corrected chi connectivity index (χ2v) is 7.01. The Hall–Kier alpha value is -1.89. The van der Waals surface area contributed by atoms with Crippen LogP contribution in [0.1, 0.15) is 18.5 Å². The first-order valence-electron chi connectivity index (χ1n) is 8.65. The van der Waals surface area contributed by atoms with Crippen molar-refractivity contribution in [2.45, 2.75) is 13.0 Å². The first-order chi connectivity index (χ1) is 12.0. The van der Waals surface area contributed by atoms with E-state index < -0.39 is 17.7 Å². The van der Waals surface area contributed by atoms with E-state index in [0.29, 0.717) is 17.1 Å². The highest BCUT2D eigenvalue weighted by Crippen LogP contribution is 2.39. The molecular formula is C18H24ClN3O3+2. The van der Waals surface area contributed by atoms with Gasteiger partial charge in [0.1, 0.15) is 26.2 Å². The number of quaternary nitrogens is 2. The zero-order valence-corrected chi connectivity index (χ0v) is 15.1. The van der Waals surface area contributed by atoms with Gasteiger partial charge >= 0.3 is 0 Å². The molecule has 134 valence electrons. The molecule has 1 unspecified atom stereocenters. The van der Waals surface area contributed by atoms with E-state index in [2.05, 4.69) is 5.32 Å². The van der Waals surface area contributed by atoms with Crippen LogP contribution in [0.5, 0.6) is 0 Å². The third-order valence-electron chi connectivity index (χ3n) is 4.99. The van der Waals surface area contributed by atoms with Crippen molar-refractivity contribution in [2.75, 3.05) is 39.3 Å². The number of hydrogen-bond acceptors (Lipinski definition) is 3. The Kier molecular flexibility index (Phi) is 5.42. The highest BCUT2D eigenvalue weighted by atomic mass is 35.5. The molecule has 0 saturated carbocycles. The lowest BCUT2D eigenvalue weighted by atomic mass is 9.96. The van der Waals surface area contributed by atoms with Crippen molar-refractivity contribution in [1.82, 2.24) is 4.90 Å². The molecule has 0 bridgehead atoms. The number of halogens is 1. The van der Waals surface area contributed by atoms with Gasteiger partial charge in [-0.3, -0.25) is 9.59 Å². The van der Waals surface area contributed by atoms with E-state index >= 15 is 0 Å². The largest absolute Gasteiger partial charge is 0.503 e. The number of nitrogens with two attached hydrogens (primary N) is 1. The summed E-state index contributed by atoms with van der Waals surface area (Å²) >= 11 is 6.32. The molecular weight excluding hydrogens is 342 g/mol. The van der Waals surface area contributed by atoms with Crippen LogP contribution in [0.4, 0.5) is 0 Å². The van der Waals surface area contributed by atoms with Crippen molar-refractivity contribution in [3.05, 3.63) is 46.2 Å². The lowest BCUT2D eigenvalue weighted by Gasteiger charge is -2.29. The Morgan fingerprint density at radius 1 is 1.36 bits per heavy atom. The SMILES string of the molecule is CC(=O)C1=C(O)C(=O)N(CC[NH+]2CC[NH2+]CC2)C1c1ccccc1Cl. The number of nitrogens with one attached hydrogen (secondary N) is 1. The van der Waals surface area contributed by atoms with Crippen LogP contribution in [0, 0.1) is 0 Å². The Balaban J connectivity index is 1.88. The van der Waals surface area contributed by atoms with E-state index in [-0.39, 0.29) is 11.4 Å². The smallest absolute Gasteiger partial charge is 0.290 e. The molecule has 1 saturated heterocycles. The highest BCUT2D eigenvalue weighted by Gasteiger charge is 2.43. The summed E-state index contributed by atoms with van der Waals surface area (Å²) in [4.78, 5) is 27.7. The lowest BCUT2D eigenvalue weighted by Crippen LogP contribution is -3.20. The fourth-order valence-electron chi connectivity index (χ4n) is 3.67. The molecule has 1 aromatic carbocycles. The predicted molar refractivity (Wildman–Crippen MR) is 93.5 cm³/mol. The Morgan fingerprint density at radius 2 is 2.04 bits per heavy atom. The van der Waals surface area contributed by atoms with Gasteiger partial charge in [-0.15, -0.1) is 0 Å². The predicted octanol–water partition coefficient (Wildman–Crippen LogP) is -0.914. The van der Waals surface area contributed by atoms with E-state index in [9.17, 15) is 14.7 Å². The zero-order valence-electron chi connectivity index (χ0n) is 14.3. The van der Waals surface area contributed by atoms with Gasteiger partial charge in [-0.1, -0.05) is 29.8 Å². The van der Waals surface area contributed by atoms with Gasteiger partial charge in [0.25, 0.3) is 5.91 Å². The van der Waals surface area contributed by atoms with Crippen LogP contribution >= 0.6 is 11.6 Å². The minimum atomic E-state index is -0.616. The minimum absolute atomic E-state index is 0.139. The van der Waals surface area contributed by atoms with Gasteiger partial charge in [0.15, 0.2) is 11.5 Å². The van der Waals surface area contributed by atoms with Crippen molar-refractivity contribution < 1.29 is 24.9 Å². The van der Waals surface area contributed by atoms with Crippen LogP contribution in [0.15, 0.2) is 35.6 Å². The number of benzene rings is 1. The van der Waals surface area contributed by atoms with Gasteiger partial charge in [0, 0.05) is 5.02 Å². The molecule has 2 aliphatic rings. The summed E-state index contributed by atoms with van der Waals surface area (Å²) in [6, 6.07) is 6.55. The van der Waals surface area contributed by atoms with Crippen molar-refractivity contribution >= 4 is 23.3 Å². The third-order valence-corrected chi connectivity index (χ3v) is 5.34. The Labute approximate surface area is 152 Å². The molecule has 4 N–H and O–H groups in total. The Bertz CT molecular complexity index is 713. The van der Waals surface area contributed by atoms with Gasteiger partial charge < -0.3 is 20.2 Å². The van der Waals surface area contributed by atoms with E-state index in [1.807, 2.05) is 6.07 Å². The van der Waals surface area contributed by atoms with Gasteiger partial charge in [-0.25, -0.2) is 0 Å². The van der Waals surface area contributed by atoms with Crippen LogP contribution < -0.4 is 10.2 Å².